The summed E-state index contributed by atoms with van der Waals surface area (Å²) in [5, 5.41) is 0. The van der Waals surface area contributed by atoms with Gasteiger partial charge in [0.1, 0.15) is 5.82 Å². The van der Waals surface area contributed by atoms with Crippen LogP contribution in [-0.4, -0.2) is 14.5 Å². The first kappa shape index (κ1) is 16.1. The number of nitrogens with one attached hydrogen (secondary N) is 1. The summed E-state index contributed by atoms with van der Waals surface area (Å²) in [6.45, 7) is 7.14. The highest BCUT2D eigenvalue weighted by atomic mass is 32.2. The zero-order valence-corrected chi connectivity index (χ0v) is 12.5. The van der Waals surface area contributed by atoms with E-state index >= 15 is 0 Å². The van der Waals surface area contributed by atoms with Crippen molar-refractivity contribution in [3.63, 3.8) is 0 Å². The molecule has 0 aliphatic heterocycles. The summed E-state index contributed by atoms with van der Waals surface area (Å²) in [5.74, 6) is -0.274. The van der Waals surface area contributed by atoms with Crippen molar-refractivity contribution >= 4 is 10.0 Å². The average Bonchev–Trinajstić information content (AvgIpc) is 2.31. The minimum Gasteiger partial charge on any atom is -0.326 e. The van der Waals surface area contributed by atoms with Gasteiger partial charge in [0, 0.05) is 18.2 Å². The van der Waals surface area contributed by atoms with E-state index in [2.05, 4.69) is 4.72 Å². The van der Waals surface area contributed by atoms with Crippen LogP contribution in [-0.2, 0) is 16.6 Å². The highest BCUT2D eigenvalue weighted by Gasteiger charge is 2.21. The number of halogens is 1. The highest BCUT2D eigenvalue weighted by molar-refractivity contribution is 7.89. The monoisotopic (exact) mass is 288 g/mol. The van der Waals surface area contributed by atoms with Gasteiger partial charge in [0.25, 0.3) is 0 Å². The molecule has 0 spiro atoms. The lowest BCUT2D eigenvalue weighted by Crippen LogP contribution is -2.36. The molecule has 4 nitrogen and oxygen atoms in total. The second kappa shape index (κ2) is 5.98. The number of rotatable bonds is 5. The van der Waals surface area contributed by atoms with Gasteiger partial charge in [0.15, 0.2) is 0 Å². The van der Waals surface area contributed by atoms with E-state index in [1.165, 1.54) is 19.1 Å². The van der Waals surface area contributed by atoms with Gasteiger partial charge in [-0.2, -0.15) is 0 Å². The van der Waals surface area contributed by atoms with Crippen LogP contribution < -0.4 is 10.5 Å². The third-order valence-corrected chi connectivity index (χ3v) is 4.71. The summed E-state index contributed by atoms with van der Waals surface area (Å²) in [6.07, 6.45) is 0. The van der Waals surface area contributed by atoms with E-state index in [-0.39, 0.29) is 34.5 Å². The van der Waals surface area contributed by atoms with Gasteiger partial charge in [0.2, 0.25) is 10.0 Å². The molecule has 1 atom stereocenters. The summed E-state index contributed by atoms with van der Waals surface area (Å²) in [6, 6.07) is 2.42. The first-order chi connectivity index (χ1) is 8.69. The Morgan fingerprint density at radius 3 is 2.37 bits per heavy atom. The second-order valence-electron chi connectivity index (χ2n) is 5.07. The molecule has 6 heteroatoms. The maximum Gasteiger partial charge on any atom is 0.240 e. The van der Waals surface area contributed by atoms with Gasteiger partial charge in [-0.05, 0) is 37.5 Å². The van der Waals surface area contributed by atoms with Crippen LogP contribution in [0.1, 0.15) is 31.9 Å². The number of nitrogens with two attached hydrogens (primary N) is 1. The van der Waals surface area contributed by atoms with E-state index in [0.717, 1.165) is 0 Å². The molecule has 0 bridgehead atoms. The molecule has 3 N–H and O–H groups in total. The van der Waals surface area contributed by atoms with E-state index in [1.807, 2.05) is 13.8 Å². The highest BCUT2D eigenvalue weighted by Crippen LogP contribution is 2.19. The number of hydrogen-bond donors (Lipinski definition) is 2. The molecule has 0 saturated heterocycles. The van der Waals surface area contributed by atoms with Crippen molar-refractivity contribution in [2.75, 3.05) is 0 Å². The molecule has 0 saturated carbocycles. The molecule has 1 unspecified atom stereocenters. The van der Waals surface area contributed by atoms with Crippen LogP contribution in [0.25, 0.3) is 0 Å². The van der Waals surface area contributed by atoms with Gasteiger partial charge in [-0.3, -0.25) is 0 Å². The number of aryl methyl sites for hydroxylation is 1. The molecule has 0 radical (unpaired) electrons. The third kappa shape index (κ3) is 3.75. The minimum atomic E-state index is -3.65. The Labute approximate surface area is 114 Å². The lowest BCUT2D eigenvalue weighted by molar-refractivity contribution is 0.476. The Hall–Kier alpha value is -0.980. The first-order valence-corrected chi connectivity index (χ1v) is 7.68. The van der Waals surface area contributed by atoms with Crippen LogP contribution in [0.4, 0.5) is 4.39 Å². The van der Waals surface area contributed by atoms with Crippen molar-refractivity contribution in [2.24, 2.45) is 11.7 Å². The van der Waals surface area contributed by atoms with Crippen molar-refractivity contribution in [3.05, 3.63) is 29.1 Å². The predicted molar refractivity (Wildman–Crippen MR) is 73.6 cm³/mol. The molecular formula is C13H21FN2O2S. The van der Waals surface area contributed by atoms with Gasteiger partial charge < -0.3 is 5.73 Å². The Kier molecular flexibility index (Phi) is 5.06. The maximum atomic E-state index is 13.7. The first-order valence-electron chi connectivity index (χ1n) is 6.20. The van der Waals surface area contributed by atoms with Gasteiger partial charge in [-0.1, -0.05) is 13.8 Å². The van der Waals surface area contributed by atoms with Crippen molar-refractivity contribution in [1.82, 2.24) is 4.72 Å². The Morgan fingerprint density at radius 1 is 1.32 bits per heavy atom. The fraction of sp³-hybridized carbons (Fsp3) is 0.538. The second-order valence-corrected chi connectivity index (χ2v) is 6.79. The van der Waals surface area contributed by atoms with Gasteiger partial charge >= 0.3 is 0 Å². The Morgan fingerprint density at radius 2 is 1.89 bits per heavy atom. The molecule has 0 aromatic heterocycles. The minimum absolute atomic E-state index is 0.0320. The van der Waals surface area contributed by atoms with Crippen molar-refractivity contribution in [2.45, 2.75) is 45.2 Å². The van der Waals surface area contributed by atoms with Crippen molar-refractivity contribution in [3.8, 4) is 0 Å². The maximum absolute atomic E-state index is 13.7. The molecule has 0 aliphatic rings. The van der Waals surface area contributed by atoms with Crippen molar-refractivity contribution < 1.29 is 12.8 Å². The number of sulfonamides is 1. The Bertz CT molecular complexity index is 556. The van der Waals surface area contributed by atoms with E-state index in [9.17, 15) is 12.8 Å². The normalized spacial score (nSPS) is 13.8. The lowest BCUT2D eigenvalue weighted by atomic mass is 10.1. The summed E-state index contributed by atoms with van der Waals surface area (Å²) in [7, 11) is -3.65. The van der Waals surface area contributed by atoms with Crippen LogP contribution in [0.5, 0.6) is 0 Å². The standard InChI is InChI=1S/C13H21FN2O2S/c1-8(2)10(4)16-19(17,18)12-5-9(3)13(14)11(6-12)7-15/h5-6,8,10,16H,7,15H2,1-4H3. The average molecular weight is 288 g/mol. The molecule has 1 aromatic rings. The SMILES string of the molecule is Cc1cc(S(=O)(=O)NC(C)C(C)C)cc(CN)c1F. The summed E-state index contributed by atoms with van der Waals surface area (Å²) >= 11 is 0. The molecule has 1 aromatic carbocycles. The van der Waals surface area contributed by atoms with E-state index < -0.39 is 15.8 Å². The quantitative estimate of drug-likeness (QED) is 0.869. The van der Waals surface area contributed by atoms with Crippen LogP contribution in [0.3, 0.4) is 0 Å². The fourth-order valence-corrected chi connectivity index (χ4v) is 3.09. The largest absolute Gasteiger partial charge is 0.326 e. The summed E-state index contributed by atoms with van der Waals surface area (Å²) < 4.78 is 40.7. The van der Waals surface area contributed by atoms with Gasteiger partial charge in [-0.15, -0.1) is 0 Å². The van der Waals surface area contributed by atoms with Crippen LogP contribution in [0.2, 0.25) is 0 Å². The predicted octanol–water partition coefficient (Wildman–Crippen LogP) is 1.92. The Balaban J connectivity index is 3.19. The van der Waals surface area contributed by atoms with Crippen LogP contribution >= 0.6 is 0 Å². The van der Waals surface area contributed by atoms with E-state index in [4.69, 9.17) is 5.73 Å². The zero-order valence-electron chi connectivity index (χ0n) is 11.7. The van der Waals surface area contributed by atoms with Gasteiger partial charge in [-0.25, -0.2) is 17.5 Å². The van der Waals surface area contributed by atoms with Crippen LogP contribution in [0, 0.1) is 18.7 Å². The molecule has 0 amide bonds. The fourth-order valence-electron chi connectivity index (χ4n) is 1.56. The molecule has 1 rings (SSSR count). The van der Waals surface area contributed by atoms with Gasteiger partial charge in [0.05, 0.1) is 4.90 Å². The van der Waals surface area contributed by atoms with Crippen LogP contribution in [0.15, 0.2) is 17.0 Å². The molecule has 0 aliphatic carbocycles. The summed E-state index contributed by atoms with van der Waals surface area (Å²) in [5.41, 5.74) is 5.91. The number of benzene rings is 1. The topological polar surface area (TPSA) is 72.2 Å². The molecule has 19 heavy (non-hydrogen) atoms. The smallest absolute Gasteiger partial charge is 0.240 e. The van der Waals surface area contributed by atoms with E-state index in [0.29, 0.717) is 0 Å². The van der Waals surface area contributed by atoms with Crippen molar-refractivity contribution in [1.29, 1.82) is 0 Å². The molecular weight excluding hydrogens is 267 g/mol. The summed E-state index contributed by atoms with van der Waals surface area (Å²) in [4.78, 5) is 0.0550. The molecule has 0 fully saturated rings. The molecule has 108 valence electrons. The zero-order chi connectivity index (χ0) is 14.8. The van der Waals surface area contributed by atoms with E-state index in [1.54, 1.807) is 6.92 Å². The molecule has 0 heterocycles. The number of hydrogen-bond acceptors (Lipinski definition) is 3. The lowest BCUT2D eigenvalue weighted by Gasteiger charge is -2.18. The third-order valence-electron chi connectivity index (χ3n) is 3.17.